The molecule has 1 saturated heterocycles. The van der Waals surface area contributed by atoms with Crippen molar-refractivity contribution in [2.75, 3.05) is 19.7 Å². The highest BCUT2D eigenvalue weighted by molar-refractivity contribution is 5.76. The monoisotopic (exact) mass is 276 g/mol. The van der Waals surface area contributed by atoms with E-state index in [1.165, 1.54) is 5.56 Å². The van der Waals surface area contributed by atoms with Gasteiger partial charge < -0.3 is 10.5 Å². The highest BCUT2D eigenvalue weighted by atomic mass is 16.5. The van der Waals surface area contributed by atoms with Crippen molar-refractivity contribution < 1.29 is 9.53 Å². The normalized spacial score (nSPS) is 20.8. The molecule has 0 aliphatic carbocycles. The first kappa shape index (κ1) is 15.0. The molecule has 1 aromatic carbocycles. The highest BCUT2D eigenvalue weighted by Gasteiger charge is 2.36. The zero-order valence-electron chi connectivity index (χ0n) is 12.1. The summed E-state index contributed by atoms with van der Waals surface area (Å²) >= 11 is 0. The molecule has 1 heterocycles. The van der Waals surface area contributed by atoms with Crippen LogP contribution in [0.4, 0.5) is 0 Å². The van der Waals surface area contributed by atoms with E-state index in [1.807, 2.05) is 25.1 Å². The van der Waals surface area contributed by atoms with Crippen LogP contribution >= 0.6 is 0 Å². The van der Waals surface area contributed by atoms with Crippen molar-refractivity contribution in [2.24, 2.45) is 5.73 Å². The van der Waals surface area contributed by atoms with Crippen LogP contribution in [-0.4, -0.2) is 36.6 Å². The van der Waals surface area contributed by atoms with E-state index in [2.05, 4.69) is 17.0 Å². The third-order valence-corrected chi connectivity index (χ3v) is 3.88. The summed E-state index contributed by atoms with van der Waals surface area (Å²) in [5, 5.41) is 0. The van der Waals surface area contributed by atoms with Gasteiger partial charge in [0.2, 0.25) is 0 Å². The largest absolute Gasteiger partial charge is 0.465 e. The van der Waals surface area contributed by atoms with Gasteiger partial charge in [0.1, 0.15) is 6.04 Å². The Balaban J connectivity index is 2.18. The van der Waals surface area contributed by atoms with Crippen molar-refractivity contribution in [3.8, 4) is 0 Å². The summed E-state index contributed by atoms with van der Waals surface area (Å²) in [6, 6.07) is 10.4. The highest BCUT2D eigenvalue weighted by Crippen LogP contribution is 2.32. The van der Waals surface area contributed by atoms with Gasteiger partial charge in [-0.25, -0.2) is 0 Å². The van der Waals surface area contributed by atoms with E-state index in [1.54, 1.807) is 0 Å². The zero-order valence-corrected chi connectivity index (χ0v) is 12.1. The number of carbonyl (C=O) groups is 1. The molecular weight excluding hydrogens is 252 g/mol. The molecule has 20 heavy (non-hydrogen) atoms. The number of nitrogens with zero attached hydrogens (tertiary/aromatic N) is 1. The minimum Gasteiger partial charge on any atom is -0.465 e. The molecule has 0 spiro atoms. The lowest BCUT2D eigenvalue weighted by Crippen LogP contribution is -2.40. The number of ether oxygens (including phenoxy) is 1. The molecule has 2 unspecified atom stereocenters. The Morgan fingerprint density at radius 3 is 2.85 bits per heavy atom. The first-order valence-electron chi connectivity index (χ1n) is 7.45. The Morgan fingerprint density at radius 1 is 1.45 bits per heavy atom. The fraction of sp³-hybridized carbons (Fsp3) is 0.562. The van der Waals surface area contributed by atoms with Gasteiger partial charge in [0.05, 0.1) is 6.61 Å². The fourth-order valence-corrected chi connectivity index (χ4v) is 3.01. The number of likely N-dealkylation sites (tertiary alicyclic amines) is 1. The van der Waals surface area contributed by atoms with Gasteiger partial charge in [-0.3, -0.25) is 9.69 Å². The molecule has 2 N–H and O–H groups in total. The Morgan fingerprint density at radius 2 is 2.20 bits per heavy atom. The molecule has 1 fully saturated rings. The molecule has 2 rings (SSSR count). The molecular formula is C16H24N2O2. The van der Waals surface area contributed by atoms with Crippen molar-refractivity contribution in [3.63, 3.8) is 0 Å². The third-order valence-electron chi connectivity index (χ3n) is 3.88. The van der Waals surface area contributed by atoms with Gasteiger partial charge in [-0.1, -0.05) is 30.3 Å². The van der Waals surface area contributed by atoms with E-state index >= 15 is 0 Å². The third kappa shape index (κ3) is 3.38. The van der Waals surface area contributed by atoms with Crippen LogP contribution in [0.3, 0.4) is 0 Å². The lowest BCUT2D eigenvalue weighted by Gasteiger charge is -2.32. The maximum absolute atomic E-state index is 12.1. The molecule has 1 aliphatic rings. The predicted molar refractivity (Wildman–Crippen MR) is 79.2 cm³/mol. The number of carbonyl (C=O) groups excluding carboxylic acids is 1. The number of hydrogen-bond acceptors (Lipinski definition) is 4. The molecule has 0 bridgehead atoms. The van der Waals surface area contributed by atoms with E-state index in [-0.39, 0.29) is 18.1 Å². The van der Waals surface area contributed by atoms with E-state index in [9.17, 15) is 4.79 Å². The summed E-state index contributed by atoms with van der Waals surface area (Å²) in [6.07, 6.45) is 2.78. The average molecular weight is 276 g/mol. The van der Waals surface area contributed by atoms with E-state index < -0.39 is 0 Å². The van der Waals surface area contributed by atoms with E-state index in [0.717, 1.165) is 25.8 Å². The summed E-state index contributed by atoms with van der Waals surface area (Å²) < 4.78 is 5.21. The molecule has 0 radical (unpaired) electrons. The van der Waals surface area contributed by atoms with Gasteiger partial charge in [-0.05, 0) is 44.8 Å². The maximum atomic E-state index is 12.1. The molecule has 4 heteroatoms. The molecule has 2 atom stereocenters. The minimum absolute atomic E-state index is 0.0945. The second kappa shape index (κ2) is 7.41. The van der Waals surface area contributed by atoms with Crippen LogP contribution in [0.15, 0.2) is 30.3 Å². The summed E-state index contributed by atoms with van der Waals surface area (Å²) in [6.45, 7) is 3.84. The quantitative estimate of drug-likeness (QED) is 0.808. The van der Waals surface area contributed by atoms with Crippen LogP contribution < -0.4 is 5.73 Å². The number of hydrogen-bond donors (Lipinski definition) is 1. The van der Waals surface area contributed by atoms with Gasteiger partial charge >= 0.3 is 5.97 Å². The Bertz CT molecular complexity index is 422. The molecule has 4 nitrogen and oxygen atoms in total. The molecule has 0 amide bonds. The Hall–Kier alpha value is -1.39. The predicted octanol–water partition coefficient (Wildman–Crippen LogP) is 2.10. The van der Waals surface area contributed by atoms with Gasteiger partial charge in [-0.2, -0.15) is 0 Å². The second-order valence-corrected chi connectivity index (χ2v) is 5.15. The fourth-order valence-electron chi connectivity index (χ4n) is 3.01. The zero-order chi connectivity index (χ0) is 14.4. The number of nitrogens with two attached hydrogens (primary N) is 1. The molecule has 110 valence electrons. The molecule has 0 saturated carbocycles. The van der Waals surface area contributed by atoms with E-state index in [0.29, 0.717) is 13.2 Å². The Kier molecular flexibility index (Phi) is 5.56. The van der Waals surface area contributed by atoms with Crippen LogP contribution in [0.25, 0.3) is 0 Å². The van der Waals surface area contributed by atoms with Crippen molar-refractivity contribution in [3.05, 3.63) is 35.9 Å². The lowest BCUT2D eigenvalue weighted by atomic mass is 10.0. The van der Waals surface area contributed by atoms with Crippen LogP contribution in [0, 0.1) is 0 Å². The van der Waals surface area contributed by atoms with E-state index in [4.69, 9.17) is 10.5 Å². The van der Waals surface area contributed by atoms with Crippen LogP contribution in [0.1, 0.15) is 37.8 Å². The lowest BCUT2D eigenvalue weighted by molar-refractivity contribution is -0.149. The number of esters is 1. The van der Waals surface area contributed by atoms with Crippen LogP contribution in [0.2, 0.25) is 0 Å². The minimum atomic E-state index is -0.119. The number of rotatable bonds is 6. The van der Waals surface area contributed by atoms with Crippen LogP contribution in [-0.2, 0) is 9.53 Å². The topological polar surface area (TPSA) is 55.6 Å². The summed E-state index contributed by atoms with van der Waals surface area (Å²) in [7, 11) is 0. The standard InChI is InChI=1S/C16H24N2O2/c1-2-20-16(19)15-9-6-12-18(15)14(10-11-17)13-7-4-3-5-8-13/h3-5,7-8,14-15H,2,6,9-12,17H2,1H3. The Labute approximate surface area is 120 Å². The van der Waals surface area contributed by atoms with Gasteiger partial charge in [-0.15, -0.1) is 0 Å². The SMILES string of the molecule is CCOC(=O)C1CCCN1C(CCN)c1ccccc1. The maximum Gasteiger partial charge on any atom is 0.323 e. The van der Waals surface area contributed by atoms with Crippen molar-refractivity contribution in [1.82, 2.24) is 4.90 Å². The summed E-state index contributed by atoms with van der Waals surface area (Å²) in [4.78, 5) is 14.4. The van der Waals surface area contributed by atoms with Gasteiger partial charge in [0.25, 0.3) is 0 Å². The molecule has 1 aromatic rings. The van der Waals surface area contributed by atoms with Crippen LogP contribution in [0.5, 0.6) is 0 Å². The summed E-state index contributed by atoms with van der Waals surface area (Å²) in [5.74, 6) is -0.0945. The van der Waals surface area contributed by atoms with Crippen molar-refractivity contribution >= 4 is 5.97 Å². The average Bonchev–Trinajstić information content (AvgIpc) is 2.95. The second-order valence-electron chi connectivity index (χ2n) is 5.15. The van der Waals surface area contributed by atoms with Gasteiger partial charge in [0.15, 0.2) is 0 Å². The first-order chi connectivity index (χ1) is 9.77. The summed E-state index contributed by atoms with van der Waals surface area (Å²) in [5.41, 5.74) is 7.00. The van der Waals surface area contributed by atoms with Crippen molar-refractivity contribution in [1.29, 1.82) is 0 Å². The first-order valence-corrected chi connectivity index (χ1v) is 7.45. The smallest absolute Gasteiger partial charge is 0.323 e. The molecule has 0 aromatic heterocycles. The number of benzene rings is 1. The van der Waals surface area contributed by atoms with Crippen molar-refractivity contribution in [2.45, 2.75) is 38.3 Å². The van der Waals surface area contributed by atoms with Gasteiger partial charge in [0, 0.05) is 6.04 Å². The molecule has 1 aliphatic heterocycles.